The van der Waals surface area contributed by atoms with Crippen molar-refractivity contribution >= 4 is 6.03 Å². The molecular formula is C17H29N3O2. The van der Waals surface area contributed by atoms with Gasteiger partial charge in [-0.15, -0.1) is 0 Å². The van der Waals surface area contributed by atoms with E-state index in [1.807, 2.05) is 12.1 Å². The first-order chi connectivity index (χ1) is 10.7. The van der Waals surface area contributed by atoms with Crippen LogP contribution < -0.4 is 10.6 Å². The normalized spacial score (nSPS) is 16.9. The zero-order chi connectivity index (χ0) is 15.8. The van der Waals surface area contributed by atoms with Crippen LogP contribution in [0.2, 0.25) is 0 Å². The molecule has 1 saturated heterocycles. The third kappa shape index (κ3) is 5.37. The average Bonchev–Trinajstić information content (AvgIpc) is 3.17. The zero-order valence-corrected chi connectivity index (χ0v) is 13.8. The number of carbonyl (C=O) groups excluding carboxylic acids is 1. The minimum atomic E-state index is -0.0838. The molecule has 1 unspecified atom stereocenters. The lowest BCUT2D eigenvalue weighted by atomic mass is 10.1. The van der Waals surface area contributed by atoms with E-state index < -0.39 is 0 Å². The molecule has 1 atom stereocenters. The monoisotopic (exact) mass is 307 g/mol. The van der Waals surface area contributed by atoms with Crippen LogP contribution in [-0.2, 0) is 0 Å². The van der Waals surface area contributed by atoms with Gasteiger partial charge in [0, 0.05) is 13.1 Å². The third-order valence-corrected chi connectivity index (χ3v) is 4.15. The van der Waals surface area contributed by atoms with Crippen LogP contribution in [0, 0.1) is 5.92 Å². The van der Waals surface area contributed by atoms with E-state index >= 15 is 0 Å². The van der Waals surface area contributed by atoms with E-state index in [1.54, 1.807) is 6.26 Å². The Kier molecular flexibility index (Phi) is 6.77. The summed E-state index contributed by atoms with van der Waals surface area (Å²) in [5.74, 6) is 1.62. The van der Waals surface area contributed by atoms with E-state index in [-0.39, 0.29) is 12.1 Å². The lowest BCUT2D eigenvalue weighted by Crippen LogP contribution is -2.41. The zero-order valence-electron chi connectivity index (χ0n) is 13.8. The summed E-state index contributed by atoms with van der Waals surface area (Å²) >= 11 is 0. The van der Waals surface area contributed by atoms with Gasteiger partial charge >= 0.3 is 6.03 Å². The van der Waals surface area contributed by atoms with Crippen LogP contribution in [0.3, 0.4) is 0 Å². The second-order valence-corrected chi connectivity index (χ2v) is 6.45. The van der Waals surface area contributed by atoms with Crippen LogP contribution in [0.5, 0.6) is 0 Å². The molecule has 1 aliphatic heterocycles. The standard InChI is InChI=1S/C17H29N3O2/c1-14(2)7-5-9-18-17(21)19-13-15(16-8-6-12-22-16)20-10-3-4-11-20/h6,8,12,14-15H,3-5,7,9-11,13H2,1-2H3,(H2,18,19,21). The van der Waals surface area contributed by atoms with Crippen molar-refractivity contribution in [3.63, 3.8) is 0 Å². The van der Waals surface area contributed by atoms with Crippen molar-refractivity contribution < 1.29 is 9.21 Å². The van der Waals surface area contributed by atoms with Crippen molar-refractivity contribution in [2.75, 3.05) is 26.2 Å². The van der Waals surface area contributed by atoms with Crippen LogP contribution >= 0.6 is 0 Å². The average molecular weight is 307 g/mol. The molecule has 0 bridgehead atoms. The number of amides is 2. The molecule has 1 aliphatic rings. The highest BCUT2D eigenvalue weighted by Gasteiger charge is 2.25. The summed E-state index contributed by atoms with van der Waals surface area (Å²) in [5.41, 5.74) is 0. The van der Waals surface area contributed by atoms with E-state index in [0.29, 0.717) is 12.5 Å². The Balaban J connectivity index is 1.75. The topological polar surface area (TPSA) is 57.5 Å². The second kappa shape index (κ2) is 8.83. The number of furan rings is 1. The van der Waals surface area contributed by atoms with Crippen molar-refractivity contribution in [3.05, 3.63) is 24.2 Å². The molecule has 0 saturated carbocycles. The molecule has 2 rings (SSSR count). The third-order valence-electron chi connectivity index (χ3n) is 4.15. The number of nitrogens with one attached hydrogen (secondary N) is 2. The van der Waals surface area contributed by atoms with Gasteiger partial charge in [0.15, 0.2) is 0 Å². The molecule has 1 aromatic rings. The molecule has 1 fully saturated rings. The predicted molar refractivity (Wildman–Crippen MR) is 87.7 cm³/mol. The summed E-state index contributed by atoms with van der Waals surface area (Å²) in [6, 6.07) is 3.95. The molecule has 0 spiro atoms. The molecule has 0 radical (unpaired) electrons. The SMILES string of the molecule is CC(C)CCCNC(=O)NCC(c1ccco1)N1CCCC1. The fourth-order valence-electron chi connectivity index (χ4n) is 2.91. The minimum Gasteiger partial charge on any atom is -0.468 e. The van der Waals surface area contributed by atoms with Crippen molar-refractivity contribution in [2.24, 2.45) is 5.92 Å². The van der Waals surface area contributed by atoms with Crippen LogP contribution in [-0.4, -0.2) is 37.1 Å². The summed E-state index contributed by atoms with van der Waals surface area (Å²) < 4.78 is 5.55. The van der Waals surface area contributed by atoms with Gasteiger partial charge in [-0.25, -0.2) is 4.79 Å². The second-order valence-electron chi connectivity index (χ2n) is 6.45. The first-order valence-electron chi connectivity index (χ1n) is 8.46. The highest BCUT2D eigenvalue weighted by molar-refractivity contribution is 5.73. The van der Waals surface area contributed by atoms with E-state index in [2.05, 4.69) is 29.4 Å². The predicted octanol–water partition coefficient (Wildman–Crippen LogP) is 3.15. The molecular weight excluding hydrogens is 278 g/mol. The van der Waals surface area contributed by atoms with Gasteiger partial charge in [0.1, 0.15) is 5.76 Å². The van der Waals surface area contributed by atoms with Crippen molar-refractivity contribution in [1.29, 1.82) is 0 Å². The van der Waals surface area contributed by atoms with Gasteiger partial charge in [0.2, 0.25) is 0 Å². The fourth-order valence-corrected chi connectivity index (χ4v) is 2.91. The van der Waals surface area contributed by atoms with E-state index in [0.717, 1.165) is 38.2 Å². The Morgan fingerprint density at radius 1 is 1.32 bits per heavy atom. The van der Waals surface area contributed by atoms with E-state index in [9.17, 15) is 4.79 Å². The van der Waals surface area contributed by atoms with E-state index in [4.69, 9.17) is 4.42 Å². The minimum absolute atomic E-state index is 0.0838. The summed E-state index contributed by atoms with van der Waals surface area (Å²) in [4.78, 5) is 14.3. The number of rotatable bonds is 8. The van der Waals surface area contributed by atoms with Gasteiger partial charge in [-0.3, -0.25) is 4.90 Å². The molecule has 2 N–H and O–H groups in total. The number of hydrogen-bond donors (Lipinski definition) is 2. The summed E-state index contributed by atoms with van der Waals surface area (Å²) in [7, 11) is 0. The van der Waals surface area contributed by atoms with Crippen molar-refractivity contribution in [2.45, 2.75) is 45.6 Å². The highest BCUT2D eigenvalue weighted by atomic mass is 16.3. The lowest BCUT2D eigenvalue weighted by molar-refractivity contribution is 0.203. The molecule has 2 heterocycles. The number of hydrogen-bond acceptors (Lipinski definition) is 3. The lowest BCUT2D eigenvalue weighted by Gasteiger charge is -2.26. The summed E-state index contributed by atoms with van der Waals surface area (Å²) in [6.07, 6.45) is 6.31. The number of carbonyl (C=O) groups is 1. The molecule has 1 aromatic heterocycles. The molecule has 0 aromatic carbocycles. The van der Waals surface area contributed by atoms with Crippen molar-refractivity contribution in [3.8, 4) is 0 Å². The van der Waals surface area contributed by atoms with Crippen LogP contribution in [0.4, 0.5) is 4.79 Å². The summed E-state index contributed by atoms with van der Waals surface area (Å²) in [6.45, 7) is 7.86. The van der Waals surface area contributed by atoms with Crippen molar-refractivity contribution in [1.82, 2.24) is 15.5 Å². The molecule has 124 valence electrons. The van der Waals surface area contributed by atoms with E-state index in [1.165, 1.54) is 12.8 Å². The van der Waals surface area contributed by atoms with Gasteiger partial charge in [0.25, 0.3) is 0 Å². The Morgan fingerprint density at radius 2 is 2.09 bits per heavy atom. The molecule has 2 amide bonds. The van der Waals surface area contributed by atoms with Crippen LogP contribution in [0.25, 0.3) is 0 Å². The maximum Gasteiger partial charge on any atom is 0.314 e. The molecule has 22 heavy (non-hydrogen) atoms. The van der Waals surface area contributed by atoms with Gasteiger partial charge in [-0.2, -0.15) is 0 Å². The number of nitrogens with zero attached hydrogens (tertiary/aromatic N) is 1. The van der Waals surface area contributed by atoms with Crippen LogP contribution in [0.1, 0.15) is 51.3 Å². The maximum absolute atomic E-state index is 11.9. The van der Waals surface area contributed by atoms with Gasteiger partial charge < -0.3 is 15.1 Å². The molecule has 0 aliphatic carbocycles. The Morgan fingerprint density at radius 3 is 2.73 bits per heavy atom. The van der Waals surface area contributed by atoms with Gasteiger partial charge in [-0.05, 0) is 56.8 Å². The quantitative estimate of drug-likeness (QED) is 0.725. The van der Waals surface area contributed by atoms with Gasteiger partial charge in [-0.1, -0.05) is 13.8 Å². The molecule has 5 heteroatoms. The Hall–Kier alpha value is -1.49. The molecule has 5 nitrogen and oxygen atoms in total. The Labute approximate surface area is 133 Å². The van der Waals surface area contributed by atoms with Crippen LogP contribution in [0.15, 0.2) is 22.8 Å². The first kappa shape index (κ1) is 16.9. The number of urea groups is 1. The smallest absolute Gasteiger partial charge is 0.314 e. The summed E-state index contributed by atoms with van der Waals surface area (Å²) in [5, 5.41) is 5.91. The highest BCUT2D eigenvalue weighted by Crippen LogP contribution is 2.24. The number of likely N-dealkylation sites (tertiary alicyclic amines) is 1. The van der Waals surface area contributed by atoms with Gasteiger partial charge in [0.05, 0.1) is 12.3 Å². The first-order valence-corrected chi connectivity index (χ1v) is 8.46. The Bertz CT molecular complexity index is 425. The maximum atomic E-state index is 11.9. The fraction of sp³-hybridized carbons (Fsp3) is 0.706. The largest absolute Gasteiger partial charge is 0.468 e.